The number of ether oxygens (including phenoxy) is 1. The number of nitrogens with zero attached hydrogens (tertiary/aromatic N) is 3. The Morgan fingerprint density at radius 3 is 2.26 bits per heavy atom. The largest absolute Gasteiger partial charge is 0.434 e. The van der Waals surface area contributed by atoms with Gasteiger partial charge in [-0.2, -0.15) is 0 Å². The number of benzene rings is 1. The maximum absolute atomic E-state index is 10.8. The van der Waals surface area contributed by atoms with Crippen molar-refractivity contribution in [1.29, 1.82) is 0 Å². The summed E-state index contributed by atoms with van der Waals surface area (Å²) < 4.78 is 5.23. The van der Waals surface area contributed by atoms with E-state index in [1.165, 1.54) is 42.6 Å². The third kappa shape index (κ3) is 2.80. The van der Waals surface area contributed by atoms with Gasteiger partial charge in [0.05, 0.1) is 9.85 Å². The predicted molar refractivity (Wildman–Crippen MR) is 64.1 cm³/mol. The Labute approximate surface area is 106 Å². The van der Waals surface area contributed by atoms with Crippen LogP contribution in [-0.2, 0) is 0 Å². The van der Waals surface area contributed by atoms with Gasteiger partial charge in [-0.1, -0.05) is 0 Å². The number of aromatic nitrogens is 1. The van der Waals surface area contributed by atoms with Crippen molar-refractivity contribution < 1.29 is 14.6 Å². The van der Waals surface area contributed by atoms with Gasteiger partial charge in [0.25, 0.3) is 11.6 Å². The van der Waals surface area contributed by atoms with Crippen LogP contribution in [0.1, 0.15) is 0 Å². The normalized spacial score (nSPS) is 9.89. The molecule has 0 aliphatic rings. The number of pyridine rings is 1. The highest BCUT2D eigenvalue weighted by Crippen LogP contribution is 2.29. The zero-order chi connectivity index (χ0) is 13.8. The molecule has 1 heterocycles. The van der Waals surface area contributed by atoms with E-state index in [0.29, 0.717) is 0 Å². The Bertz CT molecular complexity index is 626. The van der Waals surface area contributed by atoms with E-state index >= 15 is 0 Å². The molecule has 0 atom stereocenters. The molecule has 0 saturated carbocycles. The fraction of sp³-hybridized carbons (Fsp3) is 0. The van der Waals surface area contributed by atoms with Crippen molar-refractivity contribution in [2.45, 2.75) is 0 Å². The molecule has 0 saturated heterocycles. The summed E-state index contributed by atoms with van der Waals surface area (Å²) in [6.45, 7) is 0. The topological polar surface area (TPSA) is 108 Å². The zero-order valence-electron chi connectivity index (χ0n) is 9.42. The van der Waals surface area contributed by atoms with Crippen LogP contribution < -0.4 is 4.74 Å². The average molecular weight is 261 g/mol. The fourth-order valence-electron chi connectivity index (χ4n) is 1.35. The standard InChI is InChI=1S/C11H7N3O5/c15-13(16)8-3-5-9(6-4-8)19-11-10(14(17)18)2-1-7-12-11/h1-7H. The summed E-state index contributed by atoms with van der Waals surface area (Å²) in [6.07, 6.45) is 1.35. The van der Waals surface area contributed by atoms with Gasteiger partial charge in [0, 0.05) is 24.4 Å². The first-order valence-electron chi connectivity index (χ1n) is 5.09. The van der Waals surface area contributed by atoms with Crippen LogP contribution in [-0.4, -0.2) is 14.8 Å². The maximum Gasteiger partial charge on any atom is 0.331 e. The van der Waals surface area contributed by atoms with Crippen LogP contribution in [0.15, 0.2) is 42.6 Å². The van der Waals surface area contributed by atoms with Crippen LogP contribution in [0, 0.1) is 20.2 Å². The predicted octanol–water partition coefficient (Wildman–Crippen LogP) is 2.69. The molecule has 2 aromatic rings. The fourth-order valence-corrected chi connectivity index (χ4v) is 1.35. The Kier molecular flexibility index (Phi) is 3.33. The lowest BCUT2D eigenvalue weighted by Crippen LogP contribution is -1.95. The van der Waals surface area contributed by atoms with Crippen LogP contribution in [0.4, 0.5) is 11.4 Å². The number of rotatable bonds is 4. The second kappa shape index (κ2) is 5.08. The molecule has 0 aliphatic carbocycles. The molecule has 8 nitrogen and oxygen atoms in total. The van der Waals surface area contributed by atoms with Gasteiger partial charge in [0.15, 0.2) is 0 Å². The molecule has 19 heavy (non-hydrogen) atoms. The zero-order valence-corrected chi connectivity index (χ0v) is 9.42. The highest BCUT2D eigenvalue weighted by molar-refractivity contribution is 5.44. The van der Waals surface area contributed by atoms with E-state index in [9.17, 15) is 20.2 Å². The summed E-state index contributed by atoms with van der Waals surface area (Å²) >= 11 is 0. The van der Waals surface area contributed by atoms with Gasteiger partial charge in [-0.15, -0.1) is 0 Å². The molecule has 0 aliphatic heterocycles. The average Bonchev–Trinajstić information content (AvgIpc) is 2.39. The smallest absolute Gasteiger partial charge is 0.331 e. The van der Waals surface area contributed by atoms with Crippen molar-refractivity contribution in [3.05, 3.63) is 62.8 Å². The second-order valence-corrected chi connectivity index (χ2v) is 3.44. The monoisotopic (exact) mass is 261 g/mol. The van der Waals surface area contributed by atoms with E-state index in [1.54, 1.807) is 0 Å². The first kappa shape index (κ1) is 12.4. The van der Waals surface area contributed by atoms with Crippen molar-refractivity contribution in [1.82, 2.24) is 4.98 Å². The number of hydrogen-bond acceptors (Lipinski definition) is 6. The van der Waals surface area contributed by atoms with E-state index in [-0.39, 0.29) is 23.0 Å². The third-order valence-electron chi connectivity index (χ3n) is 2.21. The molecule has 2 rings (SSSR count). The van der Waals surface area contributed by atoms with E-state index in [2.05, 4.69) is 4.98 Å². The Morgan fingerprint density at radius 1 is 1.00 bits per heavy atom. The molecule has 8 heteroatoms. The molecule has 1 aromatic heterocycles. The van der Waals surface area contributed by atoms with Crippen molar-refractivity contribution >= 4 is 11.4 Å². The van der Waals surface area contributed by atoms with Crippen LogP contribution in [0.25, 0.3) is 0 Å². The van der Waals surface area contributed by atoms with Crippen LogP contribution in [0.3, 0.4) is 0 Å². The van der Waals surface area contributed by atoms with Gasteiger partial charge >= 0.3 is 5.69 Å². The highest BCUT2D eigenvalue weighted by Gasteiger charge is 2.16. The molecule has 0 N–H and O–H groups in total. The molecule has 0 amide bonds. The summed E-state index contributed by atoms with van der Waals surface area (Å²) in [5, 5.41) is 21.2. The minimum atomic E-state index is -0.617. The molecule has 0 bridgehead atoms. The van der Waals surface area contributed by atoms with Gasteiger partial charge in [-0.3, -0.25) is 20.2 Å². The van der Waals surface area contributed by atoms with E-state index in [1.807, 2.05) is 0 Å². The Hall–Kier alpha value is -3.03. The molecule has 1 aromatic carbocycles. The first-order valence-corrected chi connectivity index (χ1v) is 5.09. The van der Waals surface area contributed by atoms with Crippen LogP contribution in [0.5, 0.6) is 11.6 Å². The van der Waals surface area contributed by atoms with Crippen LogP contribution in [0.2, 0.25) is 0 Å². The number of nitro groups is 2. The Balaban J connectivity index is 2.26. The lowest BCUT2D eigenvalue weighted by atomic mass is 10.3. The Morgan fingerprint density at radius 2 is 1.68 bits per heavy atom. The summed E-state index contributed by atoms with van der Waals surface area (Å²) in [5.74, 6) is 0.0637. The molecule has 0 unspecified atom stereocenters. The van der Waals surface area contributed by atoms with Gasteiger partial charge in [-0.05, 0) is 18.2 Å². The third-order valence-corrected chi connectivity index (χ3v) is 2.21. The molecule has 0 fully saturated rings. The van der Waals surface area contributed by atoms with Crippen molar-refractivity contribution in [3.8, 4) is 11.6 Å². The summed E-state index contributed by atoms with van der Waals surface area (Å²) in [6, 6.07) is 7.84. The van der Waals surface area contributed by atoms with E-state index in [4.69, 9.17) is 4.74 Å². The van der Waals surface area contributed by atoms with Crippen molar-refractivity contribution in [2.75, 3.05) is 0 Å². The van der Waals surface area contributed by atoms with Gasteiger partial charge in [-0.25, -0.2) is 4.98 Å². The summed E-state index contributed by atoms with van der Waals surface area (Å²) in [4.78, 5) is 23.8. The summed E-state index contributed by atoms with van der Waals surface area (Å²) in [5.41, 5.74) is -0.372. The highest BCUT2D eigenvalue weighted by atomic mass is 16.6. The van der Waals surface area contributed by atoms with Gasteiger partial charge in [0.2, 0.25) is 0 Å². The molecule has 96 valence electrons. The molecular weight excluding hydrogens is 254 g/mol. The van der Waals surface area contributed by atoms with Gasteiger partial charge < -0.3 is 4.74 Å². The minimum absolute atomic E-state index is 0.0946. The van der Waals surface area contributed by atoms with Gasteiger partial charge in [0.1, 0.15) is 5.75 Å². The second-order valence-electron chi connectivity index (χ2n) is 3.44. The SMILES string of the molecule is O=[N+]([O-])c1ccc(Oc2ncccc2[N+](=O)[O-])cc1. The quantitative estimate of drug-likeness (QED) is 0.618. The first-order chi connectivity index (χ1) is 9.08. The van der Waals surface area contributed by atoms with Crippen LogP contribution >= 0.6 is 0 Å². The van der Waals surface area contributed by atoms with E-state index < -0.39 is 9.85 Å². The maximum atomic E-state index is 10.8. The van der Waals surface area contributed by atoms with Crippen molar-refractivity contribution in [2.24, 2.45) is 0 Å². The minimum Gasteiger partial charge on any atom is -0.434 e. The number of hydrogen-bond donors (Lipinski definition) is 0. The molecule has 0 radical (unpaired) electrons. The molecule has 0 spiro atoms. The lowest BCUT2D eigenvalue weighted by molar-refractivity contribution is -0.386. The van der Waals surface area contributed by atoms with E-state index in [0.717, 1.165) is 0 Å². The lowest BCUT2D eigenvalue weighted by Gasteiger charge is -2.04. The number of nitro benzene ring substituents is 1. The number of non-ortho nitro benzene ring substituents is 1. The summed E-state index contributed by atoms with van der Waals surface area (Å²) in [7, 11) is 0. The molecular formula is C11H7N3O5. The van der Waals surface area contributed by atoms with Crippen molar-refractivity contribution in [3.63, 3.8) is 0 Å².